The van der Waals surface area contributed by atoms with E-state index in [1.807, 2.05) is 41.1 Å². The molecule has 0 amide bonds. The number of imidazole rings is 1. The predicted molar refractivity (Wildman–Crippen MR) is 99.6 cm³/mol. The molecule has 0 bridgehead atoms. The average molecular weight is 387 g/mol. The summed E-state index contributed by atoms with van der Waals surface area (Å²) in [5.41, 5.74) is 0.907. The molecular formula is C17H17N5O4S. The number of primary sulfonamides is 1. The van der Waals surface area contributed by atoms with Gasteiger partial charge in [-0.3, -0.25) is 10.1 Å². The van der Waals surface area contributed by atoms with Crippen molar-refractivity contribution in [2.45, 2.75) is 18.0 Å². The van der Waals surface area contributed by atoms with E-state index >= 15 is 0 Å². The van der Waals surface area contributed by atoms with Crippen molar-refractivity contribution in [3.8, 4) is 0 Å². The first-order valence-corrected chi connectivity index (χ1v) is 9.48. The van der Waals surface area contributed by atoms with Crippen molar-refractivity contribution in [1.82, 2.24) is 9.55 Å². The fraction of sp³-hybridized carbons (Fsp3) is 0.118. The Morgan fingerprint density at radius 3 is 2.59 bits per heavy atom. The minimum Gasteiger partial charge on any atom is -0.372 e. The molecule has 0 saturated carbocycles. The number of hydrogen-bond acceptors (Lipinski definition) is 6. The summed E-state index contributed by atoms with van der Waals surface area (Å²) in [7, 11) is -4.02. The Hall–Kier alpha value is -3.24. The Morgan fingerprint density at radius 1 is 1.19 bits per heavy atom. The summed E-state index contributed by atoms with van der Waals surface area (Å²) in [6, 6.07) is 13.3. The van der Waals surface area contributed by atoms with E-state index in [9.17, 15) is 18.5 Å². The van der Waals surface area contributed by atoms with Gasteiger partial charge in [0.1, 0.15) is 11.5 Å². The topological polar surface area (TPSA) is 133 Å². The number of aromatic nitrogens is 2. The second kappa shape index (κ2) is 7.56. The van der Waals surface area contributed by atoms with Gasteiger partial charge in [0.05, 0.1) is 16.4 Å². The number of benzene rings is 2. The number of nitrogens with one attached hydrogen (secondary N) is 1. The van der Waals surface area contributed by atoms with E-state index in [2.05, 4.69) is 10.3 Å². The normalized spacial score (nSPS) is 11.3. The van der Waals surface area contributed by atoms with E-state index in [-0.39, 0.29) is 22.8 Å². The maximum absolute atomic E-state index is 11.4. The van der Waals surface area contributed by atoms with Gasteiger partial charge < -0.3 is 9.88 Å². The van der Waals surface area contributed by atoms with Crippen LogP contribution in [0, 0.1) is 10.1 Å². The molecule has 3 rings (SSSR count). The van der Waals surface area contributed by atoms with Gasteiger partial charge in [0, 0.05) is 25.0 Å². The standard InChI is InChI=1S/C17H17N5O4S/c18-27(25,26)14-6-7-15(16(10-14)22(23)24)20-11-17-19-8-9-21(17)12-13-4-2-1-3-5-13/h1-10,20H,11-12H2,(H2,18,25,26). The highest BCUT2D eigenvalue weighted by Gasteiger charge is 2.19. The molecule has 1 aromatic heterocycles. The molecule has 0 spiro atoms. The van der Waals surface area contributed by atoms with Crippen molar-refractivity contribution in [3.63, 3.8) is 0 Å². The summed E-state index contributed by atoms with van der Waals surface area (Å²) in [5.74, 6) is 0.684. The molecule has 3 N–H and O–H groups in total. The van der Waals surface area contributed by atoms with Gasteiger partial charge in [0.2, 0.25) is 10.0 Å². The molecule has 0 aliphatic heterocycles. The van der Waals surface area contributed by atoms with Crippen LogP contribution in [0.1, 0.15) is 11.4 Å². The predicted octanol–water partition coefficient (Wildman–Crippen LogP) is 2.10. The third-order valence-corrected chi connectivity index (χ3v) is 4.84. The van der Waals surface area contributed by atoms with Crippen molar-refractivity contribution in [2.75, 3.05) is 5.32 Å². The number of nitrogens with zero attached hydrogens (tertiary/aromatic N) is 3. The first-order chi connectivity index (χ1) is 12.8. The summed E-state index contributed by atoms with van der Waals surface area (Å²) in [6.07, 6.45) is 3.47. The zero-order valence-corrected chi connectivity index (χ0v) is 15.0. The molecule has 2 aromatic carbocycles. The molecule has 27 heavy (non-hydrogen) atoms. The number of nitro groups is 1. The summed E-state index contributed by atoms with van der Waals surface area (Å²) < 4.78 is 24.7. The molecule has 0 aliphatic carbocycles. The van der Waals surface area contributed by atoms with E-state index in [4.69, 9.17) is 5.14 Å². The SMILES string of the molecule is NS(=O)(=O)c1ccc(NCc2nccn2Cc2ccccc2)c([N+](=O)[O-])c1. The minimum absolute atomic E-state index is 0.182. The van der Waals surface area contributed by atoms with Gasteiger partial charge in [-0.1, -0.05) is 30.3 Å². The molecular weight excluding hydrogens is 370 g/mol. The zero-order valence-electron chi connectivity index (χ0n) is 14.1. The zero-order chi connectivity index (χ0) is 19.4. The van der Waals surface area contributed by atoms with Crippen LogP contribution >= 0.6 is 0 Å². The third kappa shape index (κ3) is 4.49. The first-order valence-electron chi connectivity index (χ1n) is 7.93. The van der Waals surface area contributed by atoms with Crippen molar-refractivity contribution in [3.05, 3.63) is 82.4 Å². The van der Waals surface area contributed by atoms with E-state index in [0.29, 0.717) is 12.4 Å². The van der Waals surface area contributed by atoms with Crippen molar-refractivity contribution < 1.29 is 13.3 Å². The van der Waals surface area contributed by atoms with Gasteiger partial charge in [-0.25, -0.2) is 18.5 Å². The number of rotatable bonds is 7. The van der Waals surface area contributed by atoms with Crippen LogP contribution in [-0.2, 0) is 23.1 Å². The van der Waals surface area contributed by atoms with Crippen molar-refractivity contribution in [2.24, 2.45) is 5.14 Å². The molecule has 3 aromatic rings. The highest BCUT2D eigenvalue weighted by Crippen LogP contribution is 2.27. The fourth-order valence-electron chi connectivity index (χ4n) is 2.59. The van der Waals surface area contributed by atoms with Gasteiger partial charge in [0.15, 0.2) is 0 Å². The third-order valence-electron chi connectivity index (χ3n) is 3.93. The fourth-order valence-corrected chi connectivity index (χ4v) is 3.13. The largest absolute Gasteiger partial charge is 0.372 e. The quantitative estimate of drug-likeness (QED) is 0.471. The van der Waals surface area contributed by atoms with Crippen LogP contribution in [0.5, 0.6) is 0 Å². The summed E-state index contributed by atoms with van der Waals surface area (Å²) in [4.78, 5) is 14.6. The Labute approximate surface area is 155 Å². The van der Waals surface area contributed by atoms with Crippen LogP contribution < -0.4 is 10.5 Å². The molecule has 1 heterocycles. The number of sulfonamides is 1. The number of hydrogen-bond donors (Lipinski definition) is 2. The highest BCUT2D eigenvalue weighted by atomic mass is 32.2. The summed E-state index contributed by atoms with van der Waals surface area (Å²) in [6.45, 7) is 0.847. The van der Waals surface area contributed by atoms with Gasteiger partial charge in [-0.2, -0.15) is 0 Å². The lowest BCUT2D eigenvalue weighted by molar-refractivity contribution is -0.384. The maximum Gasteiger partial charge on any atom is 0.293 e. The maximum atomic E-state index is 11.4. The number of nitro benzene ring substituents is 1. The van der Waals surface area contributed by atoms with Crippen LogP contribution in [0.3, 0.4) is 0 Å². The lowest BCUT2D eigenvalue weighted by Crippen LogP contribution is -2.13. The van der Waals surface area contributed by atoms with Crippen molar-refractivity contribution in [1.29, 1.82) is 0 Å². The second-order valence-corrected chi connectivity index (χ2v) is 7.35. The van der Waals surface area contributed by atoms with Crippen LogP contribution in [0.25, 0.3) is 0 Å². The van der Waals surface area contributed by atoms with Crippen molar-refractivity contribution >= 4 is 21.4 Å². The Kier molecular flexibility index (Phi) is 5.19. The summed E-state index contributed by atoms with van der Waals surface area (Å²) in [5, 5.41) is 19.3. The van der Waals surface area contributed by atoms with Crippen LogP contribution in [-0.4, -0.2) is 22.9 Å². The molecule has 0 saturated heterocycles. The minimum atomic E-state index is -4.02. The lowest BCUT2D eigenvalue weighted by Gasteiger charge is -2.11. The molecule has 0 unspecified atom stereocenters. The molecule has 0 aliphatic rings. The van der Waals surface area contributed by atoms with E-state index in [1.54, 1.807) is 6.20 Å². The Morgan fingerprint density at radius 2 is 1.93 bits per heavy atom. The second-order valence-electron chi connectivity index (χ2n) is 5.79. The molecule has 9 nitrogen and oxygen atoms in total. The molecule has 0 radical (unpaired) electrons. The van der Waals surface area contributed by atoms with Gasteiger partial charge >= 0.3 is 0 Å². The van der Waals surface area contributed by atoms with E-state index in [1.165, 1.54) is 12.1 Å². The van der Waals surface area contributed by atoms with Crippen LogP contribution in [0.4, 0.5) is 11.4 Å². The number of nitrogens with two attached hydrogens (primary N) is 1. The lowest BCUT2D eigenvalue weighted by atomic mass is 10.2. The molecule has 10 heteroatoms. The Bertz CT molecular complexity index is 1060. The molecule has 0 atom stereocenters. The monoisotopic (exact) mass is 387 g/mol. The van der Waals surface area contributed by atoms with Gasteiger partial charge in [-0.15, -0.1) is 0 Å². The molecule has 0 fully saturated rings. The first kappa shape index (κ1) is 18.5. The van der Waals surface area contributed by atoms with Crippen LogP contribution in [0.15, 0.2) is 65.8 Å². The van der Waals surface area contributed by atoms with E-state index in [0.717, 1.165) is 11.6 Å². The summed E-state index contributed by atoms with van der Waals surface area (Å²) >= 11 is 0. The smallest absolute Gasteiger partial charge is 0.293 e. The van der Waals surface area contributed by atoms with E-state index < -0.39 is 14.9 Å². The average Bonchev–Trinajstić information content (AvgIpc) is 3.06. The Balaban J connectivity index is 1.80. The van der Waals surface area contributed by atoms with Gasteiger partial charge in [-0.05, 0) is 17.7 Å². The highest BCUT2D eigenvalue weighted by molar-refractivity contribution is 7.89. The van der Waals surface area contributed by atoms with Crippen LogP contribution in [0.2, 0.25) is 0 Å². The van der Waals surface area contributed by atoms with Gasteiger partial charge in [0.25, 0.3) is 5.69 Å². The number of anilines is 1. The molecule has 140 valence electrons.